The minimum absolute atomic E-state index is 0.479. The number of nitrogens with one attached hydrogen (secondary N) is 1. The fourth-order valence-corrected chi connectivity index (χ4v) is 3.89. The molecule has 0 atom stereocenters. The van der Waals surface area contributed by atoms with Crippen LogP contribution in [0.4, 0.5) is 0 Å². The van der Waals surface area contributed by atoms with Crippen LogP contribution in [0.25, 0.3) is 0 Å². The average molecular weight is 270 g/mol. The topological polar surface area (TPSA) is 15.3 Å². The monoisotopic (exact) mass is 270 g/mol. The summed E-state index contributed by atoms with van der Waals surface area (Å²) in [5.41, 5.74) is 0. The third-order valence-corrected chi connectivity index (χ3v) is 5.21. The maximum atomic E-state index is 3.59. The lowest BCUT2D eigenvalue weighted by atomic mass is 10.1. The zero-order valence-corrected chi connectivity index (χ0v) is 13.0. The lowest BCUT2D eigenvalue weighted by Gasteiger charge is -2.37. The highest BCUT2D eigenvalue weighted by Gasteiger charge is 2.26. The normalized spacial score (nSPS) is 24.3. The largest absolute Gasteiger partial charge is 0.314 e. The average Bonchev–Trinajstić information content (AvgIpc) is 3.10. The Labute approximate surface area is 117 Å². The standard InChI is InChI=1S/C15H30N2S/c1-15(2)13-17(11-12-18-15)10-6-4-3-5-9-16-14-7-8-14/h14,16H,3-13H2,1-2H3. The summed E-state index contributed by atoms with van der Waals surface area (Å²) in [5.74, 6) is 1.32. The molecule has 3 heteroatoms. The van der Waals surface area contributed by atoms with Crippen molar-refractivity contribution in [2.24, 2.45) is 0 Å². The summed E-state index contributed by atoms with van der Waals surface area (Å²) < 4.78 is 0.479. The van der Waals surface area contributed by atoms with Gasteiger partial charge in [-0.3, -0.25) is 0 Å². The first-order valence-electron chi connectivity index (χ1n) is 7.75. The van der Waals surface area contributed by atoms with Gasteiger partial charge in [0, 0.05) is 29.6 Å². The molecule has 2 rings (SSSR count). The van der Waals surface area contributed by atoms with Crippen LogP contribution >= 0.6 is 11.8 Å². The van der Waals surface area contributed by atoms with Crippen molar-refractivity contribution in [1.29, 1.82) is 0 Å². The zero-order chi connectivity index (χ0) is 12.8. The molecule has 1 aliphatic heterocycles. The van der Waals surface area contributed by atoms with Crippen LogP contribution in [0.15, 0.2) is 0 Å². The fraction of sp³-hybridized carbons (Fsp3) is 1.00. The van der Waals surface area contributed by atoms with Crippen LogP contribution in [0.3, 0.4) is 0 Å². The van der Waals surface area contributed by atoms with Gasteiger partial charge in [-0.2, -0.15) is 11.8 Å². The molecule has 0 aromatic rings. The molecule has 0 unspecified atom stereocenters. The number of rotatable bonds is 8. The summed E-state index contributed by atoms with van der Waals surface area (Å²) in [5, 5.41) is 3.59. The van der Waals surface area contributed by atoms with Gasteiger partial charge in [-0.25, -0.2) is 0 Å². The molecule has 1 N–H and O–H groups in total. The molecule has 0 aromatic carbocycles. The number of hydrogen-bond donors (Lipinski definition) is 1. The lowest BCUT2D eigenvalue weighted by molar-refractivity contribution is 0.254. The summed E-state index contributed by atoms with van der Waals surface area (Å²) in [6.45, 7) is 9.91. The van der Waals surface area contributed by atoms with Gasteiger partial charge in [-0.15, -0.1) is 0 Å². The van der Waals surface area contributed by atoms with E-state index in [-0.39, 0.29) is 0 Å². The summed E-state index contributed by atoms with van der Waals surface area (Å²) >= 11 is 2.13. The molecular weight excluding hydrogens is 240 g/mol. The third-order valence-electron chi connectivity index (χ3n) is 3.92. The molecule has 0 spiro atoms. The van der Waals surface area contributed by atoms with Gasteiger partial charge >= 0.3 is 0 Å². The van der Waals surface area contributed by atoms with Crippen molar-refractivity contribution in [3.05, 3.63) is 0 Å². The summed E-state index contributed by atoms with van der Waals surface area (Å²) in [6, 6.07) is 0.887. The van der Waals surface area contributed by atoms with Crippen LogP contribution in [-0.4, -0.2) is 47.6 Å². The number of nitrogens with zero attached hydrogens (tertiary/aromatic N) is 1. The smallest absolute Gasteiger partial charge is 0.0231 e. The van der Waals surface area contributed by atoms with E-state index in [2.05, 4.69) is 35.8 Å². The predicted octanol–water partition coefficient (Wildman–Crippen LogP) is 3.13. The van der Waals surface area contributed by atoms with Crippen molar-refractivity contribution >= 4 is 11.8 Å². The number of unbranched alkanes of at least 4 members (excludes halogenated alkanes) is 3. The maximum Gasteiger partial charge on any atom is 0.0231 e. The first-order valence-corrected chi connectivity index (χ1v) is 8.74. The van der Waals surface area contributed by atoms with E-state index in [1.54, 1.807) is 0 Å². The Morgan fingerprint density at radius 1 is 1.17 bits per heavy atom. The van der Waals surface area contributed by atoms with Crippen molar-refractivity contribution < 1.29 is 0 Å². The first-order chi connectivity index (χ1) is 8.66. The van der Waals surface area contributed by atoms with Crippen LogP contribution in [0, 0.1) is 0 Å². The Hall–Kier alpha value is 0.270. The summed E-state index contributed by atoms with van der Waals surface area (Å²) in [7, 11) is 0. The molecule has 18 heavy (non-hydrogen) atoms. The quantitative estimate of drug-likeness (QED) is 0.682. The zero-order valence-electron chi connectivity index (χ0n) is 12.2. The van der Waals surface area contributed by atoms with E-state index >= 15 is 0 Å². The van der Waals surface area contributed by atoms with Gasteiger partial charge in [0.1, 0.15) is 0 Å². The molecule has 106 valence electrons. The molecule has 0 radical (unpaired) electrons. The molecular formula is C15H30N2S. The van der Waals surface area contributed by atoms with E-state index in [0.29, 0.717) is 4.75 Å². The first kappa shape index (κ1) is 14.7. The fourth-order valence-electron chi connectivity index (χ4n) is 2.71. The second-order valence-corrected chi connectivity index (χ2v) is 8.33. The Bertz CT molecular complexity index is 239. The second-order valence-electron chi connectivity index (χ2n) is 6.53. The van der Waals surface area contributed by atoms with Crippen molar-refractivity contribution in [1.82, 2.24) is 10.2 Å². The summed E-state index contributed by atoms with van der Waals surface area (Å²) in [4.78, 5) is 2.67. The van der Waals surface area contributed by atoms with Crippen molar-refractivity contribution in [3.8, 4) is 0 Å². The van der Waals surface area contributed by atoms with Crippen molar-refractivity contribution in [3.63, 3.8) is 0 Å². The Morgan fingerprint density at radius 3 is 2.67 bits per heavy atom. The number of hydrogen-bond acceptors (Lipinski definition) is 3. The minimum Gasteiger partial charge on any atom is -0.314 e. The molecule has 0 bridgehead atoms. The van der Waals surface area contributed by atoms with Gasteiger partial charge in [0.2, 0.25) is 0 Å². The van der Waals surface area contributed by atoms with Gasteiger partial charge in [0.15, 0.2) is 0 Å². The van der Waals surface area contributed by atoms with E-state index in [9.17, 15) is 0 Å². The van der Waals surface area contributed by atoms with Crippen LogP contribution in [0.5, 0.6) is 0 Å². The Kier molecular flexibility index (Phi) is 5.84. The predicted molar refractivity (Wildman–Crippen MR) is 82.5 cm³/mol. The second kappa shape index (κ2) is 7.16. The van der Waals surface area contributed by atoms with E-state index in [4.69, 9.17) is 0 Å². The Morgan fingerprint density at radius 2 is 1.94 bits per heavy atom. The minimum atomic E-state index is 0.479. The molecule has 0 aromatic heterocycles. The van der Waals surface area contributed by atoms with Gasteiger partial charge in [-0.05, 0) is 52.6 Å². The lowest BCUT2D eigenvalue weighted by Crippen LogP contribution is -2.43. The number of thioether (sulfide) groups is 1. The SMILES string of the molecule is CC1(C)CN(CCCCCCNC2CC2)CCS1. The molecule has 2 nitrogen and oxygen atoms in total. The van der Waals surface area contributed by atoms with Crippen molar-refractivity contribution in [2.45, 2.75) is 63.2 Å². The van der Waals surface area contributed by atoms with Crippen LogP contribution < -0.4 is 5.32 Å². The Balaban J connectivity index is 1.42. The van der Waals surface area contributed by atoms with E-state index < -0.39 is 0 Å². The molecule has 2 fully saturated rings. The molecule has 1 saturated heterocycles. The van der Waals surface area contributed by atoms with Crippen LogP contribution in [0.2, 0.25) is 0 Å². The maximum absolute atomic E-state index is 3.59. The third kappa shape index (κ3) is 5.94. The molecule has 1 heterocycles. The van der Waals surface area contributed by atoms with Crippen LogP contribution in [0.1, 0.15) is 52.4 Å². The van der Waals surface area contributed by atoms with Crippen LogP contribution in [-0.2, 0) is 0 Å². The molecule has 0 amide bonds. The van der Waals surface area contributed by atoms with E-state index in [0.717, 1.165) is 6.04 Å². The van der Waals surface area contributed by atoms with Gasteiger partial charge in [0.05, 0.1) is 0 Å². The van der Waals surface area contributed by atoms with Gasteiger partial charge in [-0.1, -0.05) is 12.8 Å². The van der Waals surface area contributed by atoms with Crippen molar-refractivity contribution in [2.75, 3.05) is 31.9 Å². The molecule has 1 aliphatic carbocycles. The summed E-state index contributed by atoms with van der Waals surface area (Å²) in [6.07, 6.45) is 8.43. The van der Waals surface area contributed by atoms with E-state index in [1.807, 2.05) is 0 Å². The molecule has 1 saturated carbocycles. The highest BCUT2D eigenvalue weighted by molar-refractivity contribution is 8.00. The van der Waals surface area contributed by atoms with Gasteiger partial charge in [0.25, 0.3) is 0 Å². The molecule has 2 aliphatic rings. The van der Waals surface area contributed by atoms with Gasteiger partial charge < -0.3 is 10.2 Å². The highest BCUT2D eigenvalue weighted by atomic mass is 32.2. The van der Waals surface area contributed by atoms with E-state index in [1.165, 1.54) is 70.5 Å². The highest BCUT2D eigenvalue weighted by Crippen LogP contribution is 2.29.